The number of benzene rings is 4. The van der Waals surface area contributed by atoms with Crippen molar-refractivity contribution in [1.82, 2.24) is 5.32 Å². The molecule has 10 heteroatoms. The lowest BCUT2D eigenvalue weighted by Crippen LogP contribution is -2.40. The van der Waals surface area contributed by atoms with Gasteiger partial charge in [-0.1, -0.05) is 37.5 Å². The Bertz CT molecular complexity index is 2270. The van der Waals surface area contributed by atoms with E-state index in [0.29, 0.717) is 69.2 Å². The van der Waals surface area contributed by atoms with E-state index in [-0.39, 0.29) is 42.8 Å². The lowest BCUT2D eigenvalue weighted by Gasteiger charge is -2.41. The molecule has 5 aliphatic rings. The topological polar surface area (TPSA) is 142 Å². The van der Waals surface area contributed by atoms with E-state index in [1.165, 1.54) is 30.0 Å². The Hall–Kier alpha value is -4.61. The Morgan fingerprint density at radius 3 is 2.60 bits per heavy atom. The van der Waals surface area contributed by atoms with E-state index in [2.05, 4.69) is 34.6 Å². The van der Waals surface area contributed by atoms with Crippen molar-refractivity contribution in [3.05, 3.63) is 98.1 Å². The van der Waals surface area contributed by atoms with Gasteiger partial charge in [-0.2, -0.15) is 0 Å². The molecule has 0 amide bonds. The number of hydrogen-bond donors (Lipinski definition) is 5. The number of aliphatic hydroxyl groups is 2. The van der Waals surface area contributed by atoms with E-state index in [9.17, 15) is 20.4 Å². The molecule has 3 heterocycles. The summed E-state index contributed by atoms with van der Waals surface area (Å²) in [6, 6.07) is 16.5. The second kappa shape index (κ2) is 16.3. The Labute approximate surface area is 333 Å². The summed E-state index contributed by atoms with van der Waals surface area (Å²) in [6.07, 6.45) is 11.3. The van der Waals surface area contributed by atoms with Crippen LogP contribution in [0.1, 0.15) is 95.9 Å². The van der Waals surface area contributed by atoms with Crippen molar-refractivity contribution in [2.45, 2.75) is 107 Å². The first-order chi connectivity index (χ1) is 27.9. The van der Waals surface area contributed by atoms with E-state index in [4.69, 9.17) is 18.9 Å². The molecule has 10 nitrogen and oxygen atoms in total. The van der Waals surface area contributed by atoms with Crippen LogP contribution >= 0.6 is 0 Å². The smallest absolute Gasteiger partial charge is 0.161 e. The van der Waals surface area contributed by atoms with Crippen LogP contribution in [0.5, 0.6) is 28.7 Å². The van der Waals surface area contributed by atoms with E-state index in [1.807, 2.05) is 24.3 Å². The Morgan fingerprint density at radius 1 is 0.895 bits per heavy atom. The first-order valence-corrected chi connectivity index (χ1v) is 20.9. The minimum Gasteiger partial charge on any atom is -0.508 e. The van der Waals surface area contributed by atoms with Crippen molar-refractivity contribution in [2.75, 3.05) is 33.6 Å². The summed E-state index contributed by atoms with van der Waals surface area (Å²) in [4.78, 5) is 4.60. The lowest BCUT2D eigenvalue weighted by molar-refractivity contribution is -0.0486. The highest BCUT2D eigenvalue weighted by Gasteiger charge is 2.42. The molecule has 4 aromatic rings. The molecule has 4 aromatic carbocycles. The summed E-state index contributed by atoms with van der Waals surface area (Å²) in [5.74, 6) is 2.29. The number of ether oxygens (including phenoxy) is 4. The van der Waals surface area contributed by atoms with Gasteiger partial charge in [0.15, 0.2) is 17.6 Å². The maximum atomic E-state index is 11.1. The Kier molecular flexibility index (Phi) is 10.9. The number of phenols is 2. The SMILES string of the molecule is COc1cc(C2Oc3c(c4c(c5c3CCC(CO)O5)-c3ccc(O)cc3C(Cc3ccc5c(c3)=CCN=5)C4)CC2OCNC2CCCCC2)cc(CCCO)c1O. The molecular formula is C47H54N2O8. The van der Waals surface area contributed by atoms with Gasteiger partial charge in [-0.25, -0.2) is 0 Å². The third-order valence-electron chi connectivity index (χ3n) is 12.9. The molecule has 300 valence electrons. The zero-order valence-electron chi connectivity index (χ0n) is 32.8. The highest BCUT2D eigenvalue weighted by atomic mass is 16.6. The Balaban J connectivity index is 1.17. The zero-order chi connectivity index (χ0) is 39.0. The molecule has 3 aliphatic heterocycles. The first kappa shape index (κ1) is 37.9. The second-order valence-electron chi connectivity index (χ2n) is 16.4. The van der Waals surface area contributed by atoms with E-state index in [1.54, 1.807) is 13.2 Å². The predicted molar refractivity (Wildman–Crippen MR) is 217 cm³/mol. The molecule has 4 atom stereocenters. The fourth-order valence-corrected chi connectivity index (χ4v) is 9.95. The van der Waals surface area contributed by atoms with E-state index >= 15 is 0 Å². The van der Waals surface area contributed by atoms with Crippen LogP contribution in [0.25, 0.3) is 17.2 Å². The summed E-state index contributed by atoms with van der Waals surface area (Å²) in [6.45, 7) is 1.02. The minimum atomic E-state index is -0.526. The second-order valence-corrected chi connectivity index (χ2v) is 16.4. The van der Waals surface area contributed by atoms with Gasteiger partial charge in [-0.05, 0) is 132 Å². The molecule has 0 spiro atoms. The number of nitrogens with zero attached hydrogens (tertiary/aromatic N) is 1. The molecule has 0 bridgehead atoms. The maximum absolute atomic E-state index is 11.1. The normalized spacial score (nSPS) is 22.1. The first-order valence-electron chi connectivity index (χ1n) is 20.9. The van der Waals surface area contributed by atoms with Crippen LogP contribution in [0.3, 0.4) is 0 Å². The van der Waals surface area contributed by atoms with Gasteiger partial charge in [-0.3, -0.25) is 10.3 Å². The number of nitrogens with one attached hydrogen (secondary N) is 1. The average molecular weight is 775 g/mol. The van der Waals surface area contributed by atoms with Crippen LogP contribution in [0, 0.1) is 0 Å². The van der Waals surface area contributed by atoms with Gasteiger partial charge >= 0.3 is 0 Å². The number of aromatic hydroxyl groups is 2. The van der Waals surface area contributed by atoms with Gasteiger partial charge in [0, 0.05) is 35.8 Å². The summed E-state index contributed by atoms with van der Waals surface area (Å²) in [5, 5.41) is 47.9. The molecule has 0 saturated heterocycles. The molecule has 5 N–H and O–H groups in total. The van der Waals surface area contributed by atoms with Crippen LogP contribution in [-0.4, -0.2) is 72.3 Å². The molecule has 2 aliphatic carbocycles. The molecular weight excluding hydrogens is 721 g/mol. The highest BCUT2D eigenvalue weighted by molar-refractivity contribution is 5.85. The summed E-state index contributed by atoms with van der Waals surface area (Å²) in [7, 11) is 1.55. The number of rotatable bonds is 12. The van der Waals surface area contributed by atoms with Crippen LogP contribution in [-0.2, 0) is 36.8 Å². The van der Waals surface area contributed by atoms with Gasteiger partial charge in [-0.15, -0.1) is 0 Å². The molecule has 1 saturated carbocycles. The summed E-state index contributed by atoms with van der Waals surface area (Å²) < 4.78 is 26.6. The fourth-order valence-electron chi connectivity index (χ4n) is 9.95. The molecule has 0 radical (unpaired) electrons. The van der Waals surface area contributed by atoms with Crippen LogP contribution in [0.15, 0.2) is 53.5 Å². The molecule has 9 rings (SSSR count). The molecule has 4 unspecified atom stereocenters. The monoisotopic (exact) mass is 774 g/mol. The standard InChI is InChI=1S/C47H54N2O8/c1-54-41-22-31(20-29(44(41)53)6-5-17-50)45-42(55-26-49-32-7-3-2-4-8-32)24-39-38-21-30(19-27-9-14-40-28(18-27)15-16-48-40)37-23-33(52)10-12-35(37)43(38)47-36(46(39)57-45)13-11-34(25-51)56-47/h9-10,12,14-15,18,20,22-23,30,32,34,42,45,49-53H,2-8,11,13,16-17,19,21,24-26H2,1H3. The number of aliphatic hydroxyl groups excluding tert-OH is 2. The van der Waals surface area contributed by atoms with Crippen LogP contribution < -0.4 is 30.1 Å². The lowest BCUT2D eigenvalue weighted by atomic mass is 9.72. The fraction of sp³-hybridized carbons (Fsp3) is 0.468. The molecule has 0 aromatic heterocycles. The molecule has 57 heavy (non-hydrogen) atoms. The van der Waals surface area contributed by atoms with Gasteiger partial charge in [0.2, 0.25) is 0 Å². The van der Waals surface area contributed by atoms with Crippen molar-refractivity contribution in [2.24, 2.45) is 4.99 Å². The van der Waals surface area contributed by atoms with Gasteiger partial charge < -0.3 is 39.4 Å². The summed E-state index contributed by atoms with van der Waals surface area (Å²) >= 11 is 0. The van der Waals surface area contributed by atoms with Crippen molar-refractivity contribution in [3.63, 3.8) is 0 Å². The van der Waals surface area contributed by atoms with Crippen molar-refractivity contribution in [1.29, 1.82) is 0 Å². The average Bonchev–Trinajstić information content (AvgIpc) is 3.71. The number of fused-ring (bicyclic) bond motifs is 9. The van der Waals surface area contributed by atoms with E-state index < -0.39 is 6.10 Å². The zero-order valence-corrected chi connectivity index (χ0v) is 32.8. The van der Waals surface area contributed by atoms with E-state index in [0.717, 1.165) is 75.1 Å². The van der Waals surface area contributed by atoms with Gasteiger partial charge in [0.25, 0.3) is 0 Å². The Morgan fingerprint density at radius 2 is 1.77 bits per heavy atom. The highest BCUT2D eigenvalue weighted by Crippen LogP contribution is 2.56. The number of phenolic OH excluding ortho intramolecular Hbond substituents is 2. The number of aryl methyl sites for hydroxylation is 1. The van der Waals surface area contributed by atoms with Crippen LogP contribution in [0.4, 0.5) is 0 Å². The van der Waals surface area contributed by atoms with Crippen molar-refractivity contribution < 1.29 is 39.4 Å². The number of hydrogen-bond acceptors (Lipinski definition) is 10. The quantitative estimate of drug-likeness (QED) is 0.116. The predicted octanol–water partition coefficient (Wildman–Crippen LogP) is 5.62. The van der Waals surface area contributed by atoms with Crippen molar-refractivity contribution >= 4 is 6.08 Å². The number of methoxy groups -OCH3 is 1. The van der Waals surface area contributed by atoms with Crippen LogP contribution in [0.2, 0.25) is 0 Å². The summed E-state index contributed by atoms with van der Waals surface area (Å²) in [5.41, 5.74) is 9.14. The van der Waals surface area contributed by atoms with Gasteiger partial charge in [0.1, 0.15) is 29.5 Å². The third kappa shape index (κ3) is 7.37. The van der Waals surface area contributed by atoms with Crippen molar-refractivity contribution in [3.8, 4) is 39.9 Å². The third-order valence-corrected chi connectivity index (χ3v) is 12.9. The van der Waals surface area contributed by atoms with Gasteiger partial charge in [0.05, 0.1) is 32.3 Å². The largest absolute Gasteiger partial charge is 0.508 e. The maximum Gasteiger partial charge on any atom is 0.161 e. The minimum absolute atomic E-state index is 0.00834. The molecule has 1 fully saturated rings.